The van der Waals surface area contributed by atoms with Gasteiger partial charge in [-0.05, 0) is 72.4 Å². The second-order valence-electron chi connectivity index (χ2n) is 6.31. The number of aromatic nitrogens is 1. The molecule has 1 N–H and O–H groups in total. The van der Waals surface area contributed by atoms with Crippen LogP contribution in [0.3, 0.4) is 0 Å². The summed E-state index contributed by atoms with van der Waals surface area (Å²) in [6.45, 7) is 10.3. The zero-order valence-electron chi connectivity index (χ0n) is 15.8. The number of benzene rings is 1. The third-order valence-corrected chi connectivity index (χ3v) is 5.77. The number of pyridine rings is 1. The van der Waals surface area contributed by atoms with Gasteiger partial charge in [0.1, 0.15) is 0 Å². The average Bonchev–Trinajstić information content (AvgIpc) is 2.58. The number of hydrogen-bond acceptors (Lipinski definition) is 2. The van der Waals surface area contributed by atoms with Crippen molar-refractivity contribution in [2.45, 2.75) is 60.3 Å². The van der Waals surface area contributed by atoms with E-state index in [4.69, 9.17) is 0 Å². The maximum Gasteiger partial charge on any atom is 0.258 e. The zero-order chi connectivity index (χ0) is 18.6. The summed E-state index contributed by atoms with van der Waals surface area (Å²) < 4.78 is 1.04. The van der Waals surface area contributed by atoms with E-state index in [1.54, 1.807) is 0 Å². The minimum atomic E-state index is -0.0534. The Labute approximate surface area is 164 Å². The van der Waals surface area contributed by atoms with Crippen LogP contribution in [0, 0.1) is 17.4 Å². The second-order valence-corrected chi connectivity index (χ2v) is 7.39. The van der Waals surface area contributed by atoms with Crippen molar-refractivity contribution in [3.63, 3.8) is 0 Å². The predicted molar refractivity (Wildman–Crippen MR) is 114 cm³/mol. The highest BCUT2D eigenvalue weighted by Crippen LogP contribution is 2.27. The standard InChI is InChI=1S/C21H27IN2O/c1-6-10-17-13(4)23-14(5)18(19(17)22)21(25)24-20-15(7-2)11-9-12-16(20)8-3/h9,11-12H,6-8,10H2,1-5H3,(H,24,25). The van der Waals surface area contributed by atoms with Crippen LogP contribution in [0.15, 0.2) is 18.2 Å². The van der Waals surface area contributed by atoms with Gasteiger partial charge in [-0.2, -0.15) is 0 Å². The number of carbonyl (C=O) groups is 1. The van der Waals surface area contributed by atoms with E-state index in [9.17, 15) is 4.79 Å². The molecule has 1 heterocycles. The van der Waals surface area contributed by atoms with Crippen LogP contribution < -0.4 is 5.32 Å². The average molecular weight is 450 g/mol. The summed E-state index contributed by atoms with van der Waals surface area (Å²) in [5, 5.41) is 3.18. The number of anilines is 1. The Morgan fingerprint density at radius 1 is 1.08 bits per heavy atom. The number of aryl methyl sites for hydroxylation is 4. The molecule has 0 saturated carbocycles. The van der Waals surface area contributed by atoms with Crippen molar-refractivity contribution in [2.75, 3.05) is 5.32 Å². The topological polar surface area (TPSA) is 42.0 Å². The van der Waals surface area contributed by atoms with Crippen molar-refractivity contribution in [3.05, 3.63) is 55.4 Å². The lowest BCUT2D eigenvalue weighted by molar-refractivity contribution is 0.102. The minimum Gasteiger partial charge on any atom is -0.321 e. The zero-order valence-corrected chi connectivity index (χ0v) is 18.0. The first-order chi connectivity index (χ1) is 11.9. The number of rotatable bonds is 6. The second kappa shape index (κ2) is 8.79. The van der Waals surface area contributed by atoms with Crippen molar-refractivity contribution >= 4 is 34.2 Å². The number of nitrogens with zero attached hydrogens (tertiary/aromatic N) is 1. The van der Waals surface area contributed by atoms with Gasteiger partial charge in [-0.1, -0.05) is 45.4 Å². The first kappa shape index (κ1) is 19.9. The molecule has 3 nitrogen and oxygen atoms in total. The molecule has 0 radical (unpaired) electrons. The highest BCUT2D eigenvalue weighted by atomic mass is 127. The summed E-state index contributed by atoms with van der Waals surface area (Å²) in [6, 6.07) is 6.24. The molecular weight excluding hydrogens is 423 g/mol. The highest BCUT2D eigenvalue weighted by Gasteiger charge is 2.20. The highest BCUT2D eigenvalue weighted by molar-refractivity contribution is 14.1. The van der Waals surface area contributed by atoms with Gasteiger partial charge >= 0.3 is 0 Å². The van der Waals surface area contributed by atoms with Crippen LogP contribution >= 0.6 is 22.6 Å². The number of amides is 1. The van der Waals surface area contributed by atoms with Crippen molar-refractivity contribution in [2.24, 2.45) is 0 Å². The van der Waals surface area contributed by atoms with Gasteiger partial charge < -0.3 is 5.32 Å². The van der Waals surface area contributed by atoms with Crippen LogP contribution in [-0.4, -0.2) is 10.9 Å². The van der Waals surface area contributed by atoms with Gasteiger partial charge in [0, 0.05) is 15.0 Å². The molecule has 0 aliphatic heterocycles. The molecule has 0 spiro atoms. The number of nitrogens with one attached hydrogen (secondary N) is 1. The fraction of sp³-hybridized carbons (Fsp3) is 0.429. The van der Waals surface area contributed by atoms with Crippen molar-refractivity contribution < 1.29 is 4.79 Å². The molecular formula is C21H27IN2O. The monoisotopic (exact) mass is 450 g/mol. The molecule has 1 amide bonds. The van der Waals surface area contributed by atoms with Gasteiger partial charge in [-0.25, -0.2) is 0 Å². The lowest BCUT2D eigenvalue weighted by atomic mass is 10.0. The summed E-state index contributed by atoms with van der Waals surface area (Å²) in [6.07, 6.45) is 3.78. The largest absolute Gasteiger partial charge is 0.321 e. The molecule has 0 aliphatic carbocycles. The number of carbonyl (C=O) groups excluding carboxylic acids is 1. The molecule has 0 unspecified atom stereocenters. The van der Waals surface area contributed by atoms with Crippen molar-refractivity contribution in [1.82, 2.24) is 4.98 Å². The Hall–Kier alpha value is -1.43. The van der Waals surface area contributed by atoms with Gasteiger partial charge in [0.15, 0.2) is 0 Å². The molecule has 1 aromatic heterocycles. The molecule has 134 valence electrons. The van der Waals surface area contributed by atoms with E-state index in [2.05, 4.69) is 71.9 Å². The third-order valence-electron chi connectivity index (χ3n) is 4.58. The van der Waals surface area contributed by atoms with Crippen LogP contribution in [0.4, 0.5) is 5.69 Å². The SMILES string of the molecule is CCCc1c(C)nc(C)c(C(=O)Nc2c(CC)cccc2CC)c1I. The van der Waals surface area contributed by atoms with E-state index < -0.39 is 0 Å². The molecule has 1 aromatic carbocycles. The maximum absolute atomic E-state index is 13.1. The fourth-order valence-corrected chi connectivity index (χ4v) is 4.52. The van der Waals surface area contributed by atoms with E-state index in [1.807, 2.05) is 13.8 Å². The van der Waals surface area contributed by atoms with E-state index in [0.717, 1.165) is 46.3 Å². The van der Waals surface area contributed by atoms with E-state index in [1.165, 1.54) is 16.7 Å². The van der Waals surface area contributed by atoms with E-state index in [-0.39, 0.29) is 5.91 Å². The van der Waals surface area contributed by atoms with Gasteiger partial charge in [0.2, 0.25) is 0 Å². The Bertz CT molecular complexity index is 762. The summed E-state index contributed by atoms with van der Waals surface area (Å²) in [5.41, 5.74) is 7.05. The molecule has 0 aliphatic rings. The lowest BCUT2D eigenvalue weighted by Gasteiger charge is -2.18. The molecule has 25 heavy (non-hydrogen) atoms. The molecule has 2 rings (SSSR count). The summed E-state index contributed by atoms with van der Waals surface area (Å²) in [4.78, 5) is 17.7. The van der Waals surface area contributed by atoms with Crippen LogP contribution in [0.5, 0.6) is 0 Å². The molecule has 0 atom stereocenters. The van der Waals surface area contributed by atoms with E-state index in [0.29, 0.717) is 5.56 Å². The predicted octanol–water partition coefficient (Wildman–Crippen LogP) is 5.63. The van der Waals surface area contributed by atoms with Crippen LogP contribution in [0.1, 0.15) is 65.6 Å². The molecule has 2 aromatic rings. The van der Waals surface area contributed by atoms with Crippen molar-refractivity contribution in [3.8, 4) is 0 Å². The quantitative estimate of drug-likeness (QED) is 0.580. The summed E-state index contributed by atoms with van der Waals surface area (Å²) in [7, 11) is 0. The van der Waals surface area contributed by atoms with Gasteiger partial charge in [0.25, 0.3) is 5.91 Å². The molecule has 4 heteroatoms. The Morgan fingerprint density at radius 2 is 1.68 bits per heavy atom. The summed E-state index contributed by atoms with van der Waals surface area (Å²) >= 11 is 2.31. The fourth-order valence-electron chi connectivity index (χ4n) is 3.23. The Kier molecular flexibility index (Phi) is 6.99. The number of halogens is 1. The smallest absolute Gasteiger partial charge is 0.258 e. The third kappa shape index (κ3) is 4.22. The van der Waals surface area contributed by atoms with Gasteiger partial charge in [-0.15, -0.1) is 0 Å². The Morgan fingerprint density at radius 3 is 2.20 bits per heavy atom. The lowest BCUT2D eigenvalue weighted by Crippen LogP contribution is -2.19. The minimum absolute atomic E-state index is 0.0534. The number of para-hydroxylation sites is 1. The van der Waals surface area contributed by atoms with Crippen LogP contribution in [0.25, 0.3) is 0 Å². The summed E-state index contributed by atoms with van der Waals surface area (Å²) in [5.74, 6) is -0.0534. The molecule has 0 bridgehead atoms. The molecule has 0 fully saturated rings. The molecule has 0 saturated heterocycles. The number of hydrogen-bond donors (Lipinski definition) is 1. The van der Waals surface area contributed by atoms with Crippen LogP contribution in [-0.2, 0) is 19.3 Å². The Balaban J connectivity index is 2.48. The van der Waals surface area contributed by atoms with Gasteiger partial charge in [0.05, 0.1) is 11.3 Å². The normalized spacial score (nSPS) is 10.8. The van der Waals surface area contributed by atoms with E-state index >= 15 is 0 Å². The van der Waals surface area contributed by atoms with Gasteiger partial charge in [-0.3, -0.25) is 9.78 Å². The van der Waals surface area contributed by atoms with Crippen LogP contribution in [0.2, 0.25) is 0 Å². The first-order valence-corrected chi connectivity index (χ1v) is 10.1. The van der Waals surface area contributed by atoms with Crippen molar-refractivity contribution in [1.29, 1.82) is 0 Å². The first-order valence-electron chi connectivity index (χ1n) is 9.02. The maximum atomic E-state index is 13.1.